The summed E-state index contributed by atoms with van der Waals surface area (Å²) < 4.78 is 10.9. The molecule has 0 aromatic carbocycles. The molecule has 5 heteroatoms. The average molecular weight is 232 g/mol. The van der Waals surface area contributed by atoms with Crippen LogP contribution in [0.3, 0.4) is 0 Å². The quantitative estimate of drug-likeness (QED) is 0.718. The first-order valence-electron chi connectivity index (χ1n) is 5.43. The van der Waals surface area contributed by atoms with Gasteiger partial charge in [0.2, 0.25) is 0 Å². The Morgan fingerprint density at radius 3 is 2.38 bits per heavy atom. The van der Waals surface area contributed by atoms with Crippen molar-refractivity contribution in [3.63, 3.8) is 0 Å². The van der Waals surface area contributed by atoms with E-state index in [-0.39, 0.29) is 12.0 Å². The summed E-state index contributed by atoms with van der Waals surface area (Å²) in [5.41, 5.74) is 0. The standard InChI is InChI=1S/C11H20O5/c1-6(9(13)10(14)7(2)12)8-5-15-11(3,4)16-8/h6,8-10,13-14H,5H2,1-4H3/t6?,8-,9?,10?/m0/s1. The molecule has 16 heavy (non-hydrogen) atoms. The predicted octanol–water partition coefficient (Wildman–Crippen LogP) is 0.0848. The average Bonchev–Trinajstić information content (AvgIpc) is 2.55. The van der Waals surface area contributed by atoms with Crippen LogP contribution in [0, 0.1) is 5.92 Å². The summed E-state index contributed by atoms with van der Waals surface area (Å²) in [7, 11) is 0. The van der Waals surface area contributed by atoms with Gasteiger partial charge < -0.3 is 19.7 Å². The van der Waals surface area contributed by atoms with E-state index in [4.69, 9.17) is 9.47 Å². The summed E-state index contributed by atoms with van der Waals surface area (Å²) in [4.78, 5) is 10.9. The van der Waals surface area contributed by atoms with E-state index in [0.29, 0.717) is 6.61 Å². The molecule has 1 saturated heterocycles. The number of ketones is 1. The van der Waals surface area contributed by atoms with Gasteiger partial charge in [-0.2, -0.15) is 0 Å². The lowest BCUT2D eigenvalue weighted by atomic mass is 9.93. The van der Waals surface area contributed by atoms with Crippen molar-refractivity contribution < 1.29 is 24.5 Å². The Kier molecular flexibility index (Phi) is 4.07. The summed E-state index contributed by atoms with van der Waals surface area (Å²) in [5, 5.41) is 19.2. The third-order valence-electron chi connectivity index (χ3n) is 2.90. The van der Waals surface area contributed by atoms with E-state index in [9.17, 15) is 15.0 Å². The fourth-order valence-corrected chi connectivity index (χ4v) is 1.72. The second-order valence-electron chi connectivity index (χ2n) is 4.77. The minimum atomic E-state index is -1.36. The zero-order valence-corrected chi connectivity index (χ0v) is 10.1. The van der Waals surface area contributed by atoms with Crippen LogP contribution >= 0.6 is 0 Å². The van der Waals surface area contributed by atoms with Gasteiger partial charge in [0.25, 0.3) is 0 Å². The highest BCUT2D eigenvalue weighted by atomic mass is 16.7. The van der Waals surface area contributed by atoms with Crippen LogP contribution in [0.15, 0.2) is 0 Å². The van der Waals surface area contributed by atoms with Gasteiger partial charge in [-0.25, -0.2) is 0 Å². The highest BCUT2D eigenvalue weighted by Gasteiger charge is 2.40. The molecule has 94 valence electrons. The molecule has 4 atom stereocenters. The molecule has 0 aromatic heterocycles. The van der Waals surface area contributed by atoms with Crippen LogP contribution in [0.1, 0.15) is 27.7 Å². The number of rotatable bonds is 4. The molecule has 1 aliphatic heterocycles. The van der Waals surface area contributed by atoms with Gasteiger partial charge in [-0.15, -0.1) is 0 Å². The summed E-state index contributed by atoms with van der Waals surface area (Å²) in [5.74, 6) is -1.47. The molecule has 0 radical (unpaired) electrons. The van der Waals surface area contributed by atoms with Gasteiger partial charge >= 0.3 is 0 Å². The molecule has 5 nitrogen and oxygen atoms in total. The van der Waals surface area contributed by atoms with E-state index in [2.05, 4.69) is 0 Å². The highest BCUT2D eigenvalue weighted by molar-refractivity contribution is 5.80. The van der Waals surface area contributed by atoms with Crippen molar-refractivity contribution in [2.75, 3.05) is 6.61 Å². The lowest BCUT2D eigenvalue weighted by Gasteiger charge is -2.27. The van der Waals surface area contributed by atoms with E-state index < -0.39 is 23.8 Å². The molecule has 0 aromatic rings. The van der Waals surface area contributed by atoms with Crippen molar-refractivity contribution in [1.82, 2.24) is 0 Å². The number of hydrogen-bond acceptors (Lipinski definition) is 5. The number of Topliss-reactive ketones (excluding diaryl/α,β-unsaturated/α-hetero) is 1. The third-order valence-corrected chi connectivity index (χ3v) is 2.90. The van der Waals surface area contributed by atoms with Crippen molar-refractivity contribution in [1.29, 1.82) is 0 Å². The van der Waals surface area contributed by atoms with Gasteiger partial charge in [-0.1, -0.05) is 6.92 Å². The Balaban J connectivity index is 2.58. The second kappa shape index (κ2) is 4.79. The zero-order chi connectivity index (χ0) is 12.5. The van der Waals surface area contributed by atoms with Gasteiger partial charge in [-0.05, 0) is 20.8 Å². The van der Waals surface area contributed by atoms with Gasteiger partial charge in [0.15, 0.2) is 11.6 Å². The highest BCUT2D eigenvalue weighted by Crippen LogP contribution is 2.28. The summed E-state index contributed by atoms with van der Waals surface area (Å²) in [6.07, 6.45) is -2.79. The fraction of sp³-hybridized carbons (Fsp3) is 0.909. The summed E-state index contributed by atoms with van der Waals surface area (Å²) in [6, 6.07) is 0. The van der Waals surface area contributed by atoms with Gasteiger partial charge in [0.1, 0.15) is 6.10 Å². The fourth-order valence-electron chi connectivity index (χ4n) is 1.72. The van der Waals surface area contributed by atoms with Gasteiger partial charge in [0.05, 0.1) is 18.8 Å². The minimum absolute atomic E-state index is 0.306. The lowest BCUT2D eigenvalue weighted by Crippen LogP contribution is -2.42. The number of aliphatic hydroxyl groups is 2. The van der Waals surface area contributed by atoms with Gasteiger partial charge in [-0.3, -0.25) is 4.79 Å². The molecular weight excluding hydrogens is 212 g/mol. The molecule has 0 bridgehead atoms. The maximum atomic E-state index is 10.9. The van der Waals surface area contributed by atoms with Crippen LogP contribution in [-0.4, -0.2) is 46.7 Å². The lowest BCUT2D eigenvalue weighted by molar-refractivity contribution is -0.155. The number of carbonyl (C=O) groups is 1. The van der Waals surface area contributed by atoms with Crippen molar-refractivity contribution in [2.45, 2.75) is 51.8 Å². The van der Waals surface area contributed by atoms with E-state index in [1.54, 1.807) is 20.8 Å². The van der Waals surface area contributed by atoms with Gasteiger partial charge in [0, 0.05) is 5.92 Å². The van der Waals surface area contributed by atoms with E-state index in [1.807, 2.05) is 0 Å². The zero-order valence-electron chi connectivity index (χ0n) is 10.1. The summed E-state index contributed by atoms with van der Waals surface area (Å²) in [6.45, 7) is 6.90. The first-order chi connectivity index (χ1) is 7.24. The maximum absolute atomic E-state index is 10.9. The molecule has 1 fully saturated rings. The Morgan fingerprint density at radius 1 is 1.44 bits per heavy atom. The van der Waals surface area contributed by atoms with Crippen molar-refractivity contribution in [3.8, 4) is 0 Å². The first-order valence-corrected chi connectivity index (χ1v) is 5.43. The molecule has 3 unspecified atom stereocenters. The SMILES string of the molecule is CC(=O)C(O)C(O)C(C)[C@@H]1COC(C)(C)O1. The Bertz CT molecular complexity index is 263. The van der Waals surface area contributed by atoms with Crippen LogP contribution in [0.2, 0.25) is 0 Å². The van der Waals surface area contributed by atoms with Crippen LogP contribution in [-0.2, 0) is 14.3 Å². The Hall–Kier alpha value is -0.490. The third kappa shape index (κ3) is 3.01. The first kappa shape index (κ1) is 13.6. The summed E-state index contributed by atoms with van der Waals surface area (Å²) >= 11 is 0. The van der Waals surface area contributed by atoms with Crippen molar-refractivity contribution >= 4 is 5.78 Å². The maximum Gasteiger partial charge on any atom is 0.163 e. The van der Waals surface area contributed by atoms with Crippen molar-refractivity contribution in [3.05, 3.63) is 0 Å². The smallest absolute Gasteiger partial charge is 0.163 e. The van der Waals surface area contributed by atoms with E-state index in [1.165, 1.54) is 6.92 Å². The molecule has 1 aliphatic rings. The second-order valence-corrected chi connectivity index (χ2v) is 4.77. The van der Waals surface area contributed by atoms with E-state index in [0.717, 1.165) is 0 Å². The van der Waals surface area contributed by atoms with Crippen LogP contribution in [0.25, 0.3) is 0 Å². The molecular formula is C11H20O5. The monoisotopic (exact) mass is 232 g/mol. The number of carbonyl (C=O) groups excluding carboxylic acids is 1. The number of hydrogen-bond donors (Lipinski definition) is 2. The van der Waals surface area contributed by atoms with Crippen LogP contribution in [0.5, 0.6) is 0 Å². The van der Waals surface area contributed by atoms with Crippen LogP contribution < -0.4 is 0 Å². The predicted molar refractivity (Wildman–Crippen MR) is 56.8 cm³/mol. The Labute approximate surface area is 95.4 Å². The number of aliphatic hydroxyl groups excluding tert-OH is 2. The molecule has 0 aliphatic carbocycles. The van der Waals surface area contributed by atoms with Crippen molar-refractivity contribution in [2.24, 2.45) is 5.92 Å². The minimum Gasteiger partial charge on any atom is -0.390 e. The largest absolute Gasteiger partial charge is 0.390 e. The Morgan fingerprint density at radius 2 is 2.00 bits per heavy atom. The molecule has 2 N–H and O–H groups in total. The van der Waals surface area contributed by atoms with Crippen LogP contribution in [0.4, 0.5) is 0 Å². The topological polar surface area (TPSA) is 76.0 Å². The normalized spacial score (nSPS) is 29.8. The molecule has 0 saturated carbocycles. The molecule has 0 amide bonds. The van der Waals surface area contributed by atoms with E-state index >= 15 is 0 Å². The molecule has 1 rings (SSSR count). The number of ether oxygens (including phenoxy) is 2. The molecule has 1 heterocycles. The molecule has 0 spiro atoms.